The Hall–Kier alpha value is -2.15. The van der Waals surface area contributed by atoms with Gasteiger partial charge in [-0.1, -0.05) is 0 Å². The third kappa shape index (κ3) is 6.09. The molecule has 0 unspecified atom stereocenters. The topological polar surface area (TPSA) is 88.4 Å². The molecule has 0 aromatic heterocycles. The van der Waals surface area contributed by atoms with Crippen molar-refractivity contribution in [2.45, 2.75) is 32.8 Å². The van der Waals surface area contributed by atoms with Crippen molar-refractivity contribution in [2.75, 3.05) is 19.8 Å². The lowest BCUT2D eigenvalue weighted by Crippen LogP contribution is -2.33. The van der Waals surface area contributed by atoms with Gasteiger partial charge in [-0.05, 0) is 26.8 Å². The molecule has 122 valence electrons. The number of carbonyl (C=O) groups excluding carboxylic acids is 2. The van der Waals surface area contributed by atoms with Crippen LogP contribution in [0.4, 0.5) is 0 Å². The minimum atomic E-state index is -0.441. The van der Waals surface area contributed by atoms with Gasteiger partial charge in [0.05, 0.1) is 24.5 Å². The fourth-order valence-corrected chi connectivity index (χ4v) is 1.71. The number of hydrogen-bond acceptors (Lipinski definition) is 6. The number of imide groups is 1. The molecule has 0 aromatic rings. The Morgan fingerprint density at radius 1 is 1.36 bits per heavy atom. The van der Waals surface area contributed by atoms with Crippen LogP contribution in [0, 0.1) is 0 Å². The summed E-state index contributed by atoms with van der Waals surface area (Å²) in [7, 11) is 0. The molecule has 0 atom stereocenters. The Morgan fingerprint density at radius 2 is 2.00 bits per heavy atom. The number of allylic oxidation sites excluding steroid dienone is 1. The van der Waals surface area contributed by atoms with Crippen LogP contribution in [0.3, 0.4) is 0 Å². The van der Waals surface area contributed by atoms with E-state index >= 15 is 0 Å². The summed E-state index contributed by atoms with van der Waals surface area (Å²) in [5.74, 6) is 0.0235. The van der Waals surface area contributed by atoms with E-state index in [-0.39, 0.29) is 25.0 Å². The molecular formula is C15H22N2O5. The van der Waals surface area contributed by atoms with Crippen LogP contribution in [0.25, 0.3) is 0 Å². The molecule has 0 spiro atoms. The van der Waals surface area contributed by atoms with Crippen LogP contribution in [0.2, 0.25) is 0 Å². The molecule has 1 rings (SSSR count). The van der Waals surface area contributed by atoms with E-state index in [9.17, 15) is 9.59 Å². The molecule has 1 aliphatic heterocycles. The van der Waals surface area contributed by atoms with E-state index in [2.05, 4.69) is 5.16 Å². The number of hydrogen-bond donors (Lipinski definition) is 1. The molecule has 0 fully saturated rings. The highest BCUT2D eigenvalue weighted by Gasteiger charge is 2.22. The average molecular weight is 310 g/mol. The first-order valence-electron chi connectivity index (χ1n) is 6.98. The van der Waals surface area contributed by atoms with Gasteiger partial charge in [-0.15, -0.1) is 5.16 Å². The molecule has 1 aliphatic rings. The summed E-state index contributed by atoms with van der Waals surface area (Å²) in [6.07, 6.45) is 6.13. The van der Waals surface area contributed by atoms with Crippen LogP contribution in [0.1, 0.15) is 27.2 Å². The Kier molecular flexibility index (Phi) is 6.78. The zero-order valence-corrected chi connectivity index (χ0v) is 13.1. The number of oxime groups is 1. The first-order valence-corrected chi connectivity index (χ1v) is 6.98. The smallest absolute Gasteiger partial charge is 0.253 e. The minimum Gasteiger partial charge on any atom is -0.497 e. The maximum Gasteiger partial charge on any atom is 0.253 e. The van der Waals surface area contributed by atoms with Gasteiger partial charge >= 0.3 is 0 Å². The maximum atomic E-state index is 11.3. The minimum absolute atomic E-state index is 0.217. The molecule has 7 heteroatoms. The van der Waals surface area contributed by atoms with E-state index in [0.29, 0.717) is 18.8 Å². The molecule has 0 saturated carbocycles. The maximum absolute atomic E-state index is 11.3. The van der Waals surface area contributed by atoms with Crippen molar-refractivity contribution in [3.05, 3.63) is 24.0 Å². The second-order valence-corrected chi connectivity index (χ2v) is 5.40. The largest absolute Gasteiger partial charge is 0.497 e. The van der Waals surface area contributed by atoms with Gasteiger partial charge in [-0.3, -0.25) is 14.5 Å². The second-order valence-electron chi connectivity index (χ2n) is 5.40. The molecule has 0 aromatic carbocycles. The van der Waals surface area contributed by atoms with Crippen molar-refractivity contribution in [1.29, 1.82) is 0 Å². The third-order valence-electron chi connectivity index (χ3n) is 3.05. The normalized spacial score (nSPS) is 16.1. The van der Waals surface area contributed by atoms with Crippen molar-refractivity contribution < 1.29 is 24.3 Å². The summed E-state index contributed by atoms with van der Waals surface area (Å²) in [5, 5.41) is 11.3. The first kappa shape index (κ1) is 17.9. The fourth-order valence-electron chi connectivity index (χ4n) is 1.71. The summed E-state index contributed by atoms with van der Waals surface area (Å²) in [6.45, 7) is 6.35. The Labute approximate surface area is 129 Å². The molecule has 7 nitrogen and oxygen atoms in total. The number of carbonyl (C=O) groups is 2. The lowest BCUT2D eigenvalue weighted by Gasteiger charge is -2.22. The van der Waals surface area contributed by atoms with E-state index in [0.717, 1.165) is 4.90 Å². The predicted octanol–water partition coefficient (Wildman–Crippen LogP) is 1.48. The Bertz CT molecular complexity index is 476. The van der Waals surface area contributed by atoms with Crippen molar-refractivity contribution in [2.24, 2.45) is 5.16 Å². The monoisotopic (exact) mass is 310 g/mol. The average Bonchev–Trinajstić information content (AvgIpc) is 2.76. The van der Waals surface area contributed by atoms with Gasteiger partial charge in [-0.2, -0.15) is 0 Å². The number of rotatable bonds is 9. The van der Waals surface area contributed by atoms with E-state index in [4.69, 9.17) is 14.7 Å². The summed E-state index contributed by atoms with van der Waals surface area (Å²) in [4.78, 5) is 23.8. The highest BCUT2D eigenvalue weighted by Crippen LogP contribution is 2.13. The molecule has 0 saturated heterocycles. The van der Waals surface area contributed by atoms with Gasteiger partial charge in [0.1, 0.15) is 6.61 Å². The van der Waals surface area contributed by atoms with Gasteiger partial charge in [0, 0.05) is 24.8 Å². The van der Waals surface area contributed by atoms with Crippen LogP contribution < -0.4 is 0 Å². The molecule has 0 bridgehead atoms. The third-order valence-corrected chi connectivity index (χ3v) is 3.05. The summed E-state index contributed by atoms with van der Waals surface area (Å²) >= 11 is 0. The zero-order chi connectivity index (χ0) is 16.6. The quantitative estimate of drug-likeness (QED) is 0.229. The standard InChI is InChI=1S/C15H22N2O5/c1-12(6-10-22-15(2,3)7-8-16-20)21-11-9-17-13(18)4-5-14(17)19/h4-6,8,20H,7,9-11H2,1-3H3/b12-6+,16-8+. The van der Waals surface area contributed by atoms with Gasteiger partial charge in [0.15, 0.2) is 0 Å². The molecule has 1 heterocycles. The van der Waals surface area contributed by atoms with Crippen LogP contribution in [-0.4, -0.2) is 53.5 Å². The zero-order valence-electron chi connectivity index (χ0n) is 13.1. The van der Waals surface area contributed by atoms with Crippen LogP contribution in [0.5, 0.6) is 0 Å². The molecule has 0 aliphatic carbocycles. The Balaban J connectivity index is 2.26. The summed E-state index contributed by atoms with van der Waals surface area (Å²) in [6, 6.07) is 0. The fraction of sp³-hybridized carbons (Fsp3) is 0.533. The summed E-state index contributed by atoms with van der Waals surface area (Å²) in [5.41, 5.74) is -0.441. The van der Waals surface area contributed by atoms with Gasteiger partial charge in [0.2, 0.25) is 0 Å². The van der Waals surface area contributed by atoms with E-state index in [1.54, 1.807) is 13.0 Å². The van der Waals surface area contributed by atoms with E-state index in [1.807, 2.05) is 13.8 Å². The second kappa shape index (κ2) is 8.33. The molecule has 22 heavy (non-hydrogen) atoms. The van der Waals surface area contributed by atoms with E-state index < -0.39 is 5.60 Å². The number of nitrogens with zero attached hydrogens (tertiary/aromatic N) is 2. The van der Waals surface area contributed by atoms with Gasteiger partial charge in [0.25, 0.3) is 11.8 Å². The van der Waals surface area contributed by atoms with Crippen molar-refractivity contribution in [3.63, 3.8) is 0 Å². The van der Waals surface area contributed by atoms with Crippen LogP contribution >= 0.6 is 0 Å². The molecule has 1 N–H and O–H groups in total. The molecular weight excluding hydrogens is 288 g/mol. The van der Waals surface area contributed by atoms with Crippen molar-refractivity contribution in [3.8, 4) is 0 Å². The lowest BCUT2D eigenvalue weighted by atomic mass is 10.1. The first-order chi connectivity index (χ1) is 10.4. The van der Waals surface area contributed by atoms with Crippen molar-refractivity contribution >= 4 is 18.0 Å². The van der Waals surface area contributed by atoms with Crippen LogP contribution in [0.15, 0.2) is 29.1 Å². The van der Waals surface area contributed by atoms with Gasteiger partial charge < -0.3 is 14.7 Å². The number of amides is 2. The SMILES string of the molecule is C/C(=C\COC(C)(C)C/C=N/O)OCCN1C(=O)C=CC1=O. The predicted molar refractivity (Wildman–Crippen MR) is 80.5 cm³/mol. The lowest BCUT2D eigenvalue weighted by molar-refractivity contribution is -0.137. The molecule has 0 radical (unpaired) electrons. The Morgan fingerprint density at radius 3 is 2.59 bits per heavy atom. The number of ether oxygens (including phenoxy) is 2. The van der Waals surface area contributed by atoms with E-state index in [1.165, 1.54) is 18.4 Å². The highest BCUT2D eigenvalue weighted by atomic mass is 16.5. The van der Waals surface area contributed by atoms with Crippen molar-refractivity contribution in [1.82, 2.24) is 4.90 Å². The molecule has 2 amide bonds. The van der Waals surface area contributed by atoms with Gasteiger partial charge in [-0.25, -0.2) is 0 Å². The summed E-state index contributed by atoms with van der Waals surface area (Å²) < 4.78 is 11.1. The highest BCUT2D eigenvalue weighted by molar-refractivity contribution is 6.12. The van der Waals surface area contributed by atoms with Crippen LogP contribution in [-0.2, 0) is 19.1 Å².